The van der Waals surface area contributed by atoms with Crippen LogP contribution in [0.1, 0.15) is 6.92 Å². The van der Waals surface area contributed by atoms with Crippen molar-refractivity contribution in [3.05, 3.63) is 25.0 Å². The quantitative estimate of drug-likeness (QED) is 0.699. The zero-order chi connectivity index (χ0) is 13.1. The summed E-state index contributed by atoms with van der Waals surface area (Å²) in [6, 6.07) is 0. The molecule has 3 aromatic rings. The first kappa shape index (κ1) is 11.8. The highest BCUT2D eigenvalue weighted by Gasteiger charge is 2.09. The van der Waals surface area contributed by atoms with Crippen molar-refractivity contribution in [3.63, 3.8) is 0 Å². The van der Waals surface area contributed by atoms with Gasteiger partial charge in [0.15, 0.2) is 5.65 Å². The van der Waals surface area contributed by atoms with Crippen LogP contribution in [0.3, 0.4) is 0 Å². The predicted octanol–water partition coefficient (Wildman–Crippen LogP) is 1.73. The van der Waals surface area contributed by atoms with Crippen molar-refractivity contribution in [2.24, 2.45) is 0 Å². The van der Waals surface area contributed by atoms with Crippen molar-refractivity contribution >= 4 is 28.7 Å². The number of nitrogens with zero attached hydrogens (tertiary/aromatic N) is 5. The van der Waals surface area contributed by atoms with Gasteiger partial charge >= 0.3 is 0 Å². The minimum absolute atomic E-state index is 0.647. The summed E-state index contributed by atoms with van der Waals surface area (Å²) in [6.45, 7) is 2.82. The normalized spacial score (nSPS) is 10.8. The van der Waals surface area contributed by atoms with E-state index in [9.17, 15) is 0 Å². The molecule has 96 valence electrons. The van der Waals surface area contributed by atoms with Gasteiger partial charge in [0.25, 0.3) is 0 Å². The molecule has 0 unspecified atom stereocenters. The van der Waals surface area contributed by atoms with E-state index in [1.165, 1.54) is 18.1 Å². The summed E-state index contributed by atoms with van der Waals surface area (Å²) < 4.78 is 0. The van der Waals surface area contributed by atoms with E-state index in [0.29, 0.717) is 5.65 Å². The van der Waals surface area contributed by atoms with E-state index in [4.69, 9.17) is 0 Å². The maximum atomic E-state index is 4.44. The first-order chi connectivity index (χ1) is 9.36. The lowest BCUT2D eigenvalue weighted by Crippen LogP contribution is -2.00. The molecule has 0 fully saturated rings. The van der Waals surface area contributed by atoms with Gasteiger partial charge in [-0.3, -0.25) is 4.98 Å². The number of aromatic nitrogens is 6. The van der Waals surface area contributed by atoms with Gasteiger partial charge in [-0.1, -0.05) is 0 Å². The standard InChI is InChI=1S/C11H11N7S/c1-2-13-7-3-12-4-8(18-7)19-11-9-10(15-5-14-9)16-6-17-11/h3-6H,2H2,1H3,(H,13,18)(H,14,15,16,17). The van der Waals surface area contributed by atoms with Crippen molar-refractivity contribution in [1.29, 1.82) is 0 Å². The van der Waals surface area contributed by atoms with Gasteiger partial charge in [-0.2, -0.15) is 0 Å². The van der Waals surface area contributed by atoms with E-state index >= 15 is 0 Å². The van der Waals surface area contributed by atoms with Gasteiger partial charge < -0.3 is 10.3 Å². The Hall–Kier alpha value is -2.22. The molecule has 0 atom stereocenters. The summed E-state index contributed by atoms with van der Waals surface area (Å²) >= 11 is 1.43. The maximum Gasteiger partial charge on any atom is 0.181 e. The molecule has 0 spiro atoms. The van der Waals surface area contributed by atoms with Crippen molar-refractivity contribution in [2.75, 3.05) is 11.9 Å². The molecule has 0 aliphatic carbocycles. The highest BCUT2D eigenvalue weighted by Crippen LogP contribution is 2.28. The molecule has 3 heterocycles. The maximum absolute atomic E-state index is 4.44. The van der Waals surface area contributed by atoms with E-state index in [1.807, 2.05) is 6.92 Å². The van der Waals surface area contributed by atoms with Crippen molar-refractivity contribution < 1.29 is 0 Å². The molecule has 19 heavy (non-hydrogen) atoms. The third-order valence-electron chi connectivity index (χ3n) is 2.36. The second-order valence-electron chi connectivity index (χ2n) is 3.65. The molecule has 0 saturated carbocycles. The number of anilines is 1. The number of nitrogens with one attached hydrogen (secondary N) is 2. The highest BCUT2D eigenvalue weighted by molar-refractivity contribution is 7.99. The van der Waals surface area contributed by atoms with Crippen LogP contribution in [0.15, 0.2) is 35.1 Å². The van der Waals surface area contributed by atoms with Crippen molar-refractivity contribution in [3.8, 4) is 0 Å². The summed E-state index contributed by atoms with van der Waals surface area (Å²) in [5.41, 5.74) is 1.46. The summed E-state index contributed by atoms with van der Waals surface area (Å²) in [7, 11) is 0. The monoisotopic (exact) mass is 273 g/mol. The molecule has 0 saturated heterocycles. The molecule has 0 bridgehead atoms. The fourth-order valence-corrected chi connectivity index (χ4v) is 2.39. The van der Waals surface area contributed by atoms with Crippen LogP contribution in [0.5, 0.6) is 0 Å². The van der Waals surface area contributed by atoms with E-state index < -0.39 is 0 Å². The fraction of sp³-hybridized carbons (Fsp3) is 0.182. The first-order valence-corrected chi connectivity index (χ1v) is 6.56. The number of fused-ring (bicyclic) bond motifs is 1. The van der Waals surface area contributed by atoms with Crippen molar-refractivity contribution in [1.82, 2.24) is 29.9 Å². The van der Waals surface area contributed by atoms with E-state index in [-0.39, 0.29) is 0 Å². The largest absolute Gasteiger partial charge is 0.369 e. The molecule has 0 aromatic carbocycles. The summed E-state index contributed by atoms with van der Waals surface area (Å²) in [6.07, 6.45) is 6.49. The second kappa shape index (κ2) is 5.19. The van der Waals surface area contributed by atoms with Crippen LogP contribution < -0.4 is 5.32 Å². The molecule has 0 amide bonds. The van der Waals surface area contributed by atoms with Gasteiger partial charge in [-0.25, -0.2) is 19.9 Å². The van der Waals surface area contributed by atoms with Gasteiger partial charge in [0.1, 0.15) is 27.7 Å². The molecule has 0 aliphatic heterocycles. The van der Waals surface area contributed by atoms with Crippen LogP contribution in [-0.2, 0) is 0 Å². The van der Waals surface area contributed by atoms with E-state index in [2.05, 4.69) is 35.2 Å². The molecule has 7 nitrogen and oxygen atoms in total. The summed E-state index contributed by atoms with van der Waals surface area (Å²) in [5.74, 6) is 0.752. The Morgan fingerprint density at radius 2 is 2.21 bits per heavy atom. The molecule has 8 heteroatoms. The smallest absolute Gasteiger partial charge is 0.181 e. The SMILES string of the molecule is CCNc1cncc(Sc2ncnc3nc[nH]c23)n1. The zero-order valence-corrected chi connectivity index (χ0v) is 11.0. The lowest BCUT2D eigenvalue weighted by Gasteiger charge is -2.04. The zero-order valence-electron chi connectivity index (χ0n) is 10.2. The third kappa shape index (κ3) is 2.48. The Morgan fingerprint density at radius 3 is 3.11 bits per heavy atom. The number of rotatable bonds is 4. The van der Waals surface area contributed by atoms with Crippen LogP contribution in [0.25, 0.3) is 11.2 Å². The molecule has 0 aliphatic rings. The Bertz CT molecular complexity index is 696. The number of hydrogen-bond donors (Lipinski definition) is 2. The van der Waals surface area contributed by atoms with Crippen LogP contribution in [0, 0.1) is 0 Å². The Kier molecular flexibility index (Phi) is 3.23. The Morgan fingerprint density at radius 1 is 1.26 bits per heavy atom. The molecule has 3 rings (SSSR count). The van der Waals surface area contributed by atoms with Gasteiger partial charge in [0, 0.05) is 6.54 Å². The lowest BCUT2D eigenvalue weighted by atomic mass is 10.6. The number of H-pyrrole nitrogens is 1. The van der Waals surface area contributed by atoms with Gasteiger partial charge in [-0.05, 0) is 18.7 Å². The topological polar surface area (TPSA) is 92.3 Å². The second-order valence-corrected chi connectivity index (χ2v) is 4.66. The van der Waals surface area contributed by atoms with Gasteiger partial charge in [-0.15, -0.1) is 0 Å². The number of aromatic amines is 1. The first-order valence-electron chi connectivity index (χ1n) is 5.74. The lowest BCUT2D eigenvalue weighted by molar-refractivity contribution is 1.02. The molecule has 3 aromatic heterocycles. The highest BCUT2D eigenvalue weighted by atomic mass is 32.2. The Balaban J connectivity index is 1.92. The fourth-order valence-electron chi connectivity index (χ4n) is 1.58. The number of imidazole rings is 1. The summed E-state index contributed by atoms with van der Waals surface area (Å²) in [5, 5.41) is 4.68. The van der Waals surface area contributed by atoms with Crippen molar-refractivity contribution in [2.45, 2.75) is 17.0 Å². The van der Waals surface area contributed by atoms with Crippen LogP contribution >= 0.6 is 11.8 Å². The predicted molar refractivity (Wildman–Crippen MR) is 72.0 cm³/mol. The van der Waals surface area contributed by atoms with Crippen LogP contribution in [-0.4, -0.2) is 36.4 Å². The molecular formula is C11H11N7S. The Labute approximate surface area is 113 Å². The molecule has 2 N–H and O–H groups in total. The van der Waals surface area contributed by atoms with E-state index in [1.54, 1.807) is 18.7 Å². The summed E-state index contributed by atoms with van der Waals surface area (Å²) in [4.78, 5) is 24.0. The number of hydrogen-bond acceptors (Lipinski definition) is 7. The van der Waals surface area contributed by atoms with E-state index in [0.717, 1.165) is 27.9 Å². The van der Waals surface area contributed by atoms with Gasteiger partial charge in [0.2, 0.25) is 0 Å². The van der Waals surface area contributed by atoms with Crippen LogP contribution in [0.4, 0.5) is 5.82 Å². The molecule has 0 radical (unpaired) electrons. The third-order valence-corrected chi connectivity index (χ3v) is 3.27. The minimum Gasteiger partial charge on any atom is -0.369 e. The van der Waals surface area contributed by atoms with Gasteiger partial charge in [0.05, 0.1) is 18.7 Å². The van der Waals surface area contributed by atoms with Crippen LogP contribution in [0.2, 0.25) is 0 Å². The minimum atomic E-state index is 0.647. The average Bonchev–Trinajstić information content (AvgIpc) is 2.89. The molecular weight excluding hydrogens is 262 g/mol. The average molecular weight is 273 g/mol.